The highest BCUT2D eigenvalue weighted by Gasteiger charge is 2.10. The minimum absolute atomic E-state index is 1.02. The maximum absolute atomic E-state index is 3.71. The quantitative estimate of drug-likeness (QED) is 0.233. The molecule has 0 aromatic heterocycles. The van der Waals surface area contributed by atoms with Gasteiger partial charge < -0.3 is 10.6 Å². The van der Waals surface area contributed by atoms with E-state index in [0.717, 1.165) is 28.3 Å². The lowest BCUT2D eigenvalue weighted by Gasteiger charge is -2.17. The van der Waals surface area contributed by atoms with Gasteiger partial charge in [0.25, 0.3) is 0 Å². The van der Waals surface area contributed by atoms with E-state index in [0.29, 0.717) is 0 Å². The maximum atomic E-state index is 3.71. The van der Waals surface area contributed by atoms with Crippen molar-refractivity contribution in [2.45, 2.75) is 0 Å². The minimum atomic E-state index is 1.02. The largest absolute Gasteiger partial charge is 0.355 e. The van der Waals surface area contributed by atoms with Gasteiger partial charge in [-0.1, -0.05) is 127 Å². The first-order valence-corrected chi connectivity index (χ1v) is 12.9. The summed E-state index contributed by atoms with van der Waals surface area (Å²) in [6.45, 7) is 0. The Labute approximate surface area is 224 Å². The smallest absolute Gasteiger partial charge is 0.0463 e. The van der Waals surface area contributed by atoms with Crippen LogP contribution in [-0.2, 0) is 0 Å². The molecule has 0 spiro atoms. The predicted octanol–water partition coefficient (Wildman–Crippen LogP) is 10.2. The van der Waals surface area contributed by atoms with Crippen LogP contribution in [0.2, 0.25) is 0 Å². The van der Waals surface area contributed by atoms with Gasteiger partial charge in [0.1, 0.15) is 0 Å². The lowest BCUT2D eigenvalue weighted by atomic mass is 10.0. The molecule has 6 aromatic carbocycles. The van der Waals surface area contributed by atoms with Crippen molar-refractivity contribution in [1.82, 2.24) is 0 Å². The molecule has 0 aliphatic rings. The Morgan fingerprint density at radius 3 is 1.11 bits per heavy atom. The second-order valence-electron chi connectivity index (χ2n) is 9.24. The fourth-order valence-corrected chi connectivity index (χ4v) is 4.80. The van der Waals surface area contributed by atoms with Gasteiger partial charge in [0, 0.05) is 33.9 Å². The number of hydrogen-bond acceptors (Lipinski definition) is 2. The van der Waals surface area contributed by atoms with Gasteiger partial charge in [0.15, 0.2) is 0 Å². The second-order valence-corrected chi connectivity index (χ2v) is 9.24. The van der Waals surface area contributed by atoms with Crippen LogP contribution in [0, 0.1) is 0 Å². The lowest BCUT2D eigenvalue weighted by molar-refractivity contribution is 1.49. The van der Waals surface area contributed by atoms with Crippen molar-refractivity contribution in [2.75, 3.05) is 10.6 Å². The Morgan fingerprint density at radius 1 is 0.289 bits per heavy atom. The molecule has 0 heterocycles. The van der Waals surface area contributed by atoms with Crippen molar-refractivity contribution in [2.24, 2.45) is 0 Å². The van der Waals surface area contributed by atoms with Crippen LogP contribution in [0.25, 0.3) is 33.4 Å². The van der Waals surface area contributed by atoms with Crippen molar-refractivity contribution in [3.8, 4) is 33.4 Å². The lowest BCUT2D eigenvalue weighted by Crippen LogP contribution is -1.98. The van der Waals surface area contributed by atoms with Crippen LogP contribution >= 0.6 is 0 Å². The fraction of sp³-hybridized carbons (Fsp3) is 0. The molecule has 0 radical (unpaired) electrons. The minimum Gasteiger partial charge on any atom is -0.355 e. The maximum Gasteiger partial charge on any atom is 0.0463 e. The zero-order valence-corrected chi connectivity index (χ0v) is 21.0. The van der Waals surface area contributed by atoms with Gasteiger partial charge in [-0.3, -0.25) is 0 Å². The molecule has 0 aliphatic carbocycles. The molecule has 38 heavy (non-hydrogen) atoms. The number of para-hydroxylation sites is 2. The number of nitrogens with one attached hydrogen (secondary N) is 2. The van der Waals surface area contributed by atoms with Crippen molar-refractivity contribution < 1.29 is 0 Å². The third kappa shape index (κ3) is 5.21. The van der Waals surface area contributed by atoms with Crippen LogP contribution in [0.1, 0.15) is 0 Å². The fourth-order valence-electron chi connectivity index (χ4n) is 4.80. The topological polar surface area (TPSA) is 24.1 Å². The first kappa shape index (κ1) is 23.3. The van der Waals surface area contributed by atoms with Gasteiger partial charge in [0.2, 0.25) is 0 Å². The standard InChI is InChI=1S/C36H28N2/c1-4-14-27(15-5-1)30-24-31(37-35-22-12-10-20-33(35)28-16-6-2-7-17-28)26-32(25-30)38-36-23-13-11-21-34(36)29-18-8-3-9-19-29/h1-26,37-38H. The van der Waals surface area contributed by atoms with Gasteiger partial charge >= 0.3 is 0 Å². The van der Waals surface area contributed by atoms with E-state index in [4.69, 9.17) is 0 Å². The van der Waals surface area contributed by atoms with Gasteiger partial charge in [-0.25, -0.2) is 0 Å². The summed E-state index contributed by atoms with van der Waals surface area (Å²) in [5.74, 6) is 0. The van der Waals surface area contributed by atoms with E-state index >= 15 is 0 Å². The predicted molar refractivity (Wildman–Crippen MR) is 162 cm³/mol. The average molecular weight is 489 g/mol. The summed E-state index contributed by atoms with van der Waals surface area (Å²) in [6.07, 6.45) is 0. The van der Waals surface area contributed by atoms with Gasteiger partial charge in [-0.05, 0) is 52.6 Å². The monoisotopic (exact) mass is 488 g/mol. The van der Waals surface area contributed by atoms with Crippen molar-refractivity contribution >= 4 is 22.7 Å². The van der Waals surface area contributed by atoms with E-state index < -0.39 is 0 Å². The molecular formula is C36H28N2. The summed E-state index contributed by atoms with van der Waals surface area (Å²) in [6, 6.07) is 55.0. The third-order valence-electron chi connectivity index (χ3n) is 6.62. The van der Waals surface area contributed by atoms with E-state index in [-0.39, 0.29) is 0 Å². The summed E-state index contributed by atoms with van der Waals surface area (Å²) < 4.78 is 0. The number of rotatable bonds is 7. The van der Waals surface area contributed by atoms with E-state index in [1.807, 2.05) is 12.1 Å². The zero-order chi connectivity index (χ0) is 25.6. The highest BCUT2D eigenvalue weighted by Crippen LogP contribution is 2.36. The molecule has 6 rings (SSSR count). The van der Waals surface area contributed by atoms with E-state index in [1.54, 1.807) is 0 Å². The number of anilines is 4. The first-order chi connectivity index (χ1) is 18.8. The molecule has 0 fully saturated rings. The Morgan fingerprint density at radius 2 is 0.658 bits per heavy atom. The van der Waals surface area contributed by atoms with E-state index in [9.17, 15) is 0 Å². The Bertz CT molecular complexity index is 1540. The van der Waals surface area contributed by atoms with Crippen LogP contribution < -0.4 is 10.6 Å². The Balaban J connectivity index is 1.41. The summed E-state index contributed by atoms with van der Waals surface area (Å²) in [7, 11) is 0. The molecule has 0 unspecified atom stereocenters. The molecule has 0 saturated carbocycles. The second kappa shape index (κ2) is 10.9. The van der Waals surface area contributed by atoms with E-state index in [1.165, 1.54) is 27.8 Å². The molecule has 182 valence electrons. The molecule has 2 heteroatoms. The summed E-state index contributed by atoms with van der Waals surface area (Å²) in [4.78, 5) is 0. The summed E-state index contributed by atoms with van der Waals surface area (Å²) in [5, 5.41) is 7.43. The highest BCUT2D eigenvalue weighted by molar-refractivity contribution is 5.86. The third-order valence-corrected chi connectivity index (χ3v) is 6.62. The van der Waals surface area contributed by atoms with Crippen molar-refractivity contribution in [3.05, 3.63) is 158 Å². The highest BCUT2D eigenvalue weighted by atomic mass is 14.9. The Hall–Kier alpha value is -5.08. The van der Waals surface area contributed by atoms with Crippen LogP contribution in [0.3, 0.4) is 0 Å². The van der Waals surface area contributed by atoms with Crippen LogP contribution in [0.5, 0.6) is 0 Å². The SMILES string of the molecule is c1ccc(-c2cc(Nc3ccccc3-c3ccccc3)cc(Nc3ccccc3-c3ccccc3)c2)cc1. The Kier molecular flexibility index (Phi) is 6.69. The number of benzene rings is 6. The normalized spacial score (nSPS) is 10.6. The molecule has 0 aliphatic heterocycles. The van der Waals surface area contributed by atoms with E-state index in [2.05, 4.69) is 156 Å². The average Bonchev–Trinajstić information content (AvgIpc) is 2.99. The van der Waals surface area contributed by atoms with Gasteiger partial charge in [0.05, 0.1) is 0 Å². The zero-order valence-electron chi connectivity index (χ0n) is 21.0. The van der Waals surface area contributed by atoms with Crippen LogP contribution in [0.4, 0.5) is 22.7 Å². The van der Waals surface area contributed by atoms with Crippen LogP contribution in [0.15, 0.2) is 158 Å². The molecular weight excluding hydrogens is 460 g/mol. The molecule has 6 aromatic rings. The van der Waals surface area contributed by atoms with Crippen LogP contribution in [-0.4, -0.2) is 0 Å². The molecule has 0 saturated heterocycles. The first-order valence-electron chi connectivity index (χ1n) is 12.9. The van der Waals surface area contributed by atoms with Crippen molar-refractivity contribution in [3.63, 3.8) is 0 Å². The molecule has 0 bridgehead atoms. The van der Waals surface area contributed by atoms with Crippen molar-refractivity contribution in [1.29, 1.82) is 0 Å². The van der Waals surface area contributed by atoms with Gasteiger partial charge in [-0.2, -0.15) is 0 Å². The molecule has 2 nitrogen and oxygen atoms in total. The van der Waals surface area contributed by atoms with Gasteiger partial charge in [-0.15, -0.1) is 0 Å². The molecule has 0 atom stereocenters. The number of hydrogen-bond donors (Lipinski definition) is 2. The summed E-state index contributed by atoms with van der Waals surface area (Å²) >= 11 is 0. The molecule has 0 amide bonds. The molecule has 2 N–H and O–H groups in total. The summed E-state index contributed by atoms with van der Waals surface area (Å²) in [5.41, 5.74) is 11.2.